The van der Waals surface area contributed by atoms with Crippen molar-refractivity contribution in [2.24, 2.45) is 0 Å². The lowest BCUT2D eigenvalue weighted by Crippen LogP contribution is -1.92. The summed E-state index contributed by atoms with van der Waals surface area (Å²) in [7, 11) is 0. The summed E-state index contributed by atoms with van der Waals surface area (Å²) >= 11 is 11.2. The van der Waals surface area contributed by atoms with E-state index in [1.54, 1.807) is 0 Å². The molecule has 0 aliphatic rings. The van der Waals surface area contributed by atoms with Gasteiger partial charge in [0.15, 0.2) is 0 Å². The van der Waals surface area contributed by atoms with Gasteiger partial charge in [-0.25, -0.2) is 4.39 Å². The van der Waals surface area contributed by atoms with Crippen LogP contribution in [0.5, 0.6) is 0 Å². The summed E-state index contributed by atoms with van der Waals surface area (Å²) in [6, 6.07) is 2.51. The van der Waals surface area contributed by atoms with Gasteiger partial charge in [-0.3, -0.25) is 4.79 Å². The van der Waals surface area contributed by atoms with Crippen LogP contribution in [0.1, 0.15) is 10.4 Å². The maximum atomic E-state index is 12.8. The SMILES string of the molecule is O=C(Cl)c1cc(F)c(Br)cc1Br. The summed E-state index contributed by atoms with van der Waals surface area (Å²) in [5, 5.41) is -0.687. The van der Waals surface area contributed by atoms with Crippen molar-refractivity contribution in [3.8, 4) is 0 Å². The average molecular weight is 316 g/mol. The second kappa shape index (κ2) is 3.85. The summed E-state index contributed by atoms with van der Waals surface area (Å²) in [4.78, 5) is 10.7. The Hall–Kier alpha value is 0.0700. The number of carbonyl (C=O) groups is 1. The van der Waals surface area contributed by atoms with Gasteiger partial charge in [0.25, 0.3) is 5.24 Å². The summed E-state index contributed by atoms with van der Waals surface area (Å²) in [6.45, 7) is 0. The number of hydrogen-bond acceptors (Lipinski definition) is 1. The van der Waals surface area contributed by atoms with Gasteiger partial charge in [0.05, 0.1) is 10.0 Å². The lowest BCUT2D eigenvalue weighted by molar-refractivity contribution is 0.108. The molecule has 0 aliphatic carbocycles. The first-order chi connectivity index (χ1) is 5.52. The normalized spacial score (nSPS) is 10.0. The van der Waals surface area contributed by atoms with Crippen molar-refractivity contribution >= 4 is 48.7 Å². The molecule has 0 spiro atoms. The lowest BCUT2D eigenvalue weighted by Gasteiger charge is -2.00. The van der Waals surface area contributed by atoms with E-state index in [4.69, 9.17) is 11.6 Å². The molecule has 64 valence electrons. The van der Waals surface area contributed by atoms with Crippen LogP contribution >= 0.6 is 43.5 Å². The predicted molar refractivity (Wildman–Crippen MR) is 52.0 cm³/mol. The van der Waals surface area contributed by atoms with Crippen LogP contribution in [0.4, 0.5) is 4.39 Å². The molecule has 0 aliphatic heterocycles. The molecule has 0 saturated heterocycles. The third kappa shape index (κ3) is 2.06. The van der Waals surface area contributed by atoms with Gasteiger partial charge in [-0.15, -0.1) is 0 Å². The van der Waals surface area contributed by atoms with Crippen molar-refractivity contribution in [3.63, 3.8) is 0 Å². The number of carbonyl (C=O) groups excluding carboxylic acids is 1. The monoisotopic (exact) mass is 314 g/mol. The Bertz CT molecular complexity index is 340. The zero-order valence-corrected chi connectivity index (χ0v) is 9.50. The highest BCUT2D eigenvalue weighted by Crippen LogP contribution is 2.25. The highest BCUT2D eigenvalue weighted by atomic mass is 79.9. The molecule has 0 atom stereocenters. The number of benzene rings is 1. The van der Waals surface area contributed by atoms with Crippen molar-refractivity contribution in [2.45, 2.75) is 0 Å². The largest absolute Gasteiger partial charge is 0.276 e. The molecule has 0 heterocycles. The molecule has 1 rings (SSSR count). The van der Waals surface area contributed by atoms with Crippen molar-refractivity contribution in [3.05, 3.63) is 32.5 Å². The highest BCUT2D eigenvalue weighted by molar-refractivity contribution is 9.11. The Balaban J connectivity index is 3.33. The van der Waals surface area contributed by atoms with Crippen LogP contribution < -0.4 is 0 Å². The predicted octanol–water partition coefficient (Wildman–Crippen LogP) is 3.73. The molecule has 0 fully saturated rings. The molecule has 1 aromatic rings. The summed E-state index contributed by atoms with van der Waals surface area (Å²) < 4.78 is 13.6. The van der Waals surface area contributed by atoms with Crippen LogP contribution in [0.3, 0.4) is 0 Å². The Morgan fingerprint density at radius 1 is 1.33 bits per heavy atom. The van der Waals surface area contributed by atoms with Gasteiger partial charge in [0.1, 0.15) is 5.82 Å². The smallest absolute Gasteiger partial charge is 0.253 e. The highest BCUT2D eigenvalue weighted by Gasteiger charge is 2.10. The van der Waals surface area contributed by atoms with Crippen LogP contribution in [-0.2, 0) is 0 Å². The van der Waals surface area contributed by atoms with Crippen LogP contribution in [0.15, 0.2) is 21.1 Å². The van der Waals surface area contributed by atoms with Crippen LogP contribution in [0.2, 0.25) is 0 Å². The van der Waals surface area contributed by atoms with E-state index in [-0.39, 0.29) is 10.0 Å². The van der Waals surface area contributed by atoms with Crippen molar-refractivity contribution in [1.82, 2.24) is 0 Å². The zero-order chi connectivity index (χ0) is 9.30. The maximum Gasteiger partial charge on any atom is 0.253 e. The molecule has 0 bridgehead atoms. The third-order valence-electron chi connectivity index (χ3n) is 1.22. The van der Waals surface area contributed by atoms with Gasteiger partial charge < -0.3 is 0 Å². The van der Waals surface area contributed by atoms with Crippen LogP contribution in [-0.4, -0.2) is 5.24 Å². The summed E-state index contributed by atoms with van der Waals surface area (Å²) in [5.74, 6) is -0.512. The zero-order valence-electron chi connectivity index (χ0n) is 5.57. The molecule has 1 aromatic carbocycles. The minimum atomic E-state index is -0.687. The molecule has 0 unspecified atom stereocenters. The Kier molecular flexibility index (Phi) is 3.26. The molecule has 5 heteroatoms. The van der Waals surface area contributed by atoms with Gasteiger partial charge >= 0.3 is 0 Å². The Morgan fingerprint density at radius 3 is 2.42 bits per heavy atom. The average Bonchev–Trinajstić information content (AvgIpc) is 1.96. The molecule has 12 heavy (non-hydrogen) atoms. The molecular weight excluding hydrogens is 314 g/mol. The molecule has 0 N–H and O–H groups in total. The van der Waals surface area contributed by atoms with E-state index < -0.39 is 11.1 Å². The lowest BCUT2D eigenvalue weighted by atomic mass is 10.2. The molecule has 0 radical (unpaired) electrons. The van der Waals surface area contributed by atoms with E-state index in [1.807, 2.05) is 0 Å². The van der Waals surface area contributed by atoms with Crippen molar-refractivity contribution in [1.29, 1.82) is 0 Å². The summed E-state index contributed by atoms with van der Waals surface area (Å²) in [5.41, 5.74) is 0.123. The topological polar surface area (TPSA) is 17.1 Å². The first-order valence-corrected chi connectivity index (χ1v) is 4.83. The quantitative estimate of drug-likeness (QED) is 0.570. The van der Waals surface area contributed by atoms with Gasteiger partial charge in [0.2, 0.25) is 0 Å². The fourth-order valence-corrected chi connectivity index (χ4v) is 2.12. The molecule has 0 saturated carbocycles. The van der Waals surface area contributed by atoms with E-state index in [0.717, 1.165) is 6.07 Å². The van der Waals surface area contributed by atoms with Gasteiger partial charge in [0, 0.05) is 4.47 Å². The van der Waals surface area contributed by atoms with Crippen LogP contribution in [0.25, 0.3) is 0 Å². The molecule has 1 nitrogen and oxygen atoms in total. The minimum absolute atomic E-state index is 0.123. The maximum absolute atomic E-state index is 12.8. The van der Waals surface area contributed by atoms with Crippen molar-refractivity contribution < 1.29 is 9.18 Å². The number of hydrogen-bond donors (Lipinski definition) is 0. The number of halogens is 4. The fourth-order valence-electron chi connectivity index (χ4n) is 0.673. The van der Waals surface area contributed by atoms with Crippen LogP contribution in [0, 0.1) is 5.82 Å². The molecule has 0 amide bonds. The van der Waals surface area contributed by atoms with Gasteiger partial charge in [-0.05, 0) is 55.6 Å². The molecular formula is C7H2Br2ClFO. The second-order valence-electron chi connectivity index (χ2n) is 2.02. The van der Waals surface area contributed by atoms with Crippen molar-refractivity contribution in [2.75, 3.05) is 0 Å². The molecule has 0 aromatic heterocycles. The Morgan fingerprint density at radius 2 is 1.92 bits per heavy atom. The summed E-state index contributed by atoms with van der Waals surface area (Å²) in [6.07, 6.45) is 0. The second-order valence-corrected chi connectivity index (χ2v) is 4.07. The fraction of sp³-hybridized carbons (Fsp3) is 0. The first-order valence-electron chi connectivity index (χ1n) is 2.86. The van der Waals surface area contributed by atoms with Gasteiger partial charge in [-0.2, -0.15) is 0 Å². The van der Waals surface area contributed by atoms with Gasteiger partial charge in [-0.1, -0.05) is 0 Å². The first kappa shape index (κ1) is 10.2. The standard InChI is InChI=1S/C7H2Br2ClFO/c8-4-2-5(9)6(11)1-3(4)7(10)12/h1-2H. The van der Waals surface area contributed by atoms with E-state index in [0.29, 0.717) is 4.47 Å². The van der Waals surface area contributed by atoms with E-state index in [2.05, 4.69) is 31.9 Å². The third-order valence-corrected chi connectivity index (χ3v) is 2.69. The van der Waals surface area contributed by atoms with E-state index in [1.165, 1.54) is 6.07 Å². The van der Waals surface area contributed by atoms with E-state index in [9.17, 15) is 9.18 Å². The van der Waals surface area contributed by atoms with E-state index >= 15 is 0 Å². The number of rotatable bonds is 1. The minimum Gasteiger partial charge on any atom is -0.276 e. The Labute approximate surface area is 90.2 Å².